The molecule has 0 aromatic heterocycles. The first-order chi connectivity index (χ1) is 7.95. The van der Waals surface area contributed by atoms with Gasteiger partial charge in [-0.25, -0.2) is 0 Å². The van der Waals surface area contributed by atoms with Crippen LogP contribution in [0.5, 0.6) is 0 Å². The van der Waals surface area contributed by atoms with Gasteiger partial charge in [0.25, 0.3) is 0 Å². The van der Waals surface area contributed by atoms with Gasteiger partial charge in [0, 0.05) is 14.2 Å². The fraction of sp³-hybridized carbons (Fsp3) is 0.143. The van der Waals surface area contributed by atoms with Crippen molar-refractivity contribution >= 4 is 22.9 Å². The van der Waals surface area contributed by atoms with E-state index in [1.54, 1.807) is 0 Å². The topological polar surface area (TPSA) is 40.5 Å². The van der Waals surface area contributed by atoms with Crippen LogP contribution in [0.25, 0.3) is 22.9 Å². The second-order valence-electron chi connectivity index (χ2n) is 3.13. The Morgan fingerprint density at radius 3 is 1.56 bits per heavy atom. The third kappa shape index (κ3) is 2.13. The van der Waals surface area contributed by atoms with Gasteiger partial charge in [-0.2, -0.15) is 0 Å². The molecule has 2 aromatic rings. The van der Waals surface area contributed by atoms with Crippen molar-refractivity contribution < 1.29 is 10.2 Å². The number of hydrogen-bond acceptors (Lipinski definition) is 2. The second-order valence-corrected chi connectivity index (χ2v) is 3.13. The molecule has 0 atom stereocenters. The fourth-order valence-corrected chi connectivity index (χ4v) is 1.86. The van der Waals surface area contributed by atoms with E-state index >= 15 is 0 Å². The van der Waals surface area contributed by atoms with Crippen molar-refractivity contribution in [2.75, 3.05) is 14.2 Å². The molecule has 1 aliphatic rings. The molecule has 0 radical (unpaired) electrons. The van der Waals surface area contributed by atoms with Crippen LogP contribution in [0.15, 0.2) is 36.4 Å². The molecule has 0 spiro atoms. The molecule has 0 saturated heterocycles. The van der Waals surface area contributed by atoms with Crippen LogP contribution >= 0.6 is 0 Å². The molecule has 84 valence electrons. The molecule has 3 rings (SSSR count). The molecule has 0 fully saturated rings. The van der Waals surface area contributed by atoms with Gasteiger partial charge in [0.05, 0.1) is 0 Å². The molecular weight excluding hydrogens is 200 g/mol. The standard InChI is InChI=1S/C12H8.2CH4O/c1-3-9-4-2-6-11-8-7-10(5-1)12(9)11;2*1-2/h1-8H;2*2H,1H3. The highest BCUT2D eigenvalue weighted by Crippen LogP contribution is 2.30. The van der Waals surface area contributed by atoms with Crippen LogP contribution in [-0.2, 0) is 0 Å². The van der Waals surface area contributed by atoms with Crippen molar-refractivity contribution in [3.8, 4) is 0 Å². The molecule has 0 unspecified atom stereocenters. The molecule has 2 nitrogen and oxygen atoms in total. The highest BCUT2D eigenvalue weighted by atomic mass is 16.2. The minimum atomic E-state index is 1.00. The zero-order valence-corrected chi connectivity index (χ0v) is 9.51. The molecule has 2 N–H and O–H groups in total. The van der Waals surface area contributed by atoms with Gasteiger partial charge in [0.2, 0.25) is 0 Å². The third-order valence-corrected chi connectivity index (χ3v) is 2.41. The van der Waals surface area contributed by atoms with E-state index < -0.39 is 0 Å². The minimum absolute atomic E-state index is 1.00. The molecular formula is C14H16O2. The smallest absolute Gasteiger partial charge is 0.0319 e. The van der Waals surface area contributed by atoms with Crippen molar-refractivity contribution in [3.05, 3.63) is 47.5 Å². The van der Waals surface area contributed by atoms with Gasteiger partial charge >= 0.3 is 0 Å². The predicted octanol–water partition coefficient (Wildman–Crippen LogP) is 2.54. The maximum atomic E-state index is 7.00. The van der Waals surface area contributed by atoms with Crippen LogP contribution in [0.2, 0.25) is 0 Å². The molecule has 2 heteroatoms. The third-order valence-electron chi connectivity index (χ3n) is 2.41. The number of rotatable bonds is 0. The van der Waals surface area contributed by atoms with Gasteiger partial charge in [-0.15, -0.1) is 0 Å². The quantitative estimate of drug-likeness (QED) is 0.606. The molecule has 0 aliphatic heterocycles. The summed E-state index contributed by atoms with van der Waals surface area (Å²) in [7, 11) is 2.00. The monoisotopic (exact) mass is 216 g/mol. The van der Waals surface area contributed by atoms with E-state index in [9.17, 15) is 0 Å². The fourth-order valence-electron chi connectivity index (χ4n) is 1.86. The Hall–Kier alpha value is -1.64. The summed E-state index contributed by atoms with van der Waals surface area (Å²) in [6.07, 6.45) is 4.36. The maximum Gasteiger partial charge on any atom is 0.0319 e. The van der Waals surface area contributed by atoms with Gasteiger partial charge < -0.3 is 10.2 Å². The Bertz CT molecular complexity index is 446. The van der Waals surface area contributed by atoms with E-state index in [0.29, 0.717) is 0 Å². The molecule has 0 amide bonds. The van der Waals surface area contributed by atoms with Gasteiger partial charge in [-0.05, 0) is 21.9 Å². The summed E-state index contributed by atoms with van der Waals surface area (Å²) in [5, 5.41) is 16.7. The van der Waals surface area contributed by atoms with Gasteiger partial charge in [0.1, 0.15) is 0 Å². The predicted molar refractivity (Wildman–Crippen MR) is 69.2 cm³/mol. The number of aliphatic hydroxyl groups excluding tert-OH is 2. The summed E-state index contributed by atoms with van der Waals surface area (Å²) < 4.78 is 0. The average Bonchev–Trinajstić information content (AvgIpc) is 2.81. The Kier molecular flexibility index (Phi) is 4.70. The van der Waals surface area contributed by atoms with Crippen molar-refractivity contribution in [1.82, 2.24) is 0 Å². The molecule has 0 heterocycles. The lowest BCUT2D eigenvalue weighted by molar-refractivity contribution is 0.399. The van der Waals surface area contributed by atoms with Crippen LogP contribution in [-0.4, -0.2) is 24.4 Å². The van der Waals surface area contributed by atoms with E-state index in [1.807, 2.05) is 0 Å². The van der Waals surface area contributed by atoms with Gasteiger partial charge in [-0.1, -0.05) is 48.6 Å². The first kappa shape index (κ1) is 12.4. The first-order valence-corrected chi connectivity index (χ1v) is 5.04. The van der Waals surface area contributed by atoms with E-state index in [-0.39, 0.29) is 0 Å². The van der Waals surface area contributed by atoms with E-state index in [4.69, 9.17) is 10.2 Å². The summed E-state index contributed by atoms with van der Waals surface area (Å²) >= 11 is 0. The average molecular weight is 216 g/mol. The Morgan fingerprint density at radius 2 is 1.12 bits per heavy atom. The van der Waals surface area contributed by atoms with Crippen LogP contribution in [0.3, 0.4) is 0 Å². The van der Waals surface area contributed by atoms with Crippen LogP contribution in [0, 0.1) is 0 Å². The zero-order valence-electron chi connectivity index (χ0n) is 9.51. The number of aliphatic hydroxyl groups is 2. The minimum Gasteiger partial charge on any atom is -0.400 e. The van der Waals surface area contributed by atoms with Gasteiger partial charge in [0.15, 0.2) is 0 Å². The zero-order chi connectivity index (χ0) is 12.0. The van der Waals surface area contributed by atoms with Crippen molar-refractivity contribution in [2.45, 2.75) is 0 Å². The SMILES string of the molecule is C1=Cc2cccc3cccc1c23.CO.CO. The molecule has 0 saturated carbocycles. The Balaban J connectivity index is 0.000000291. The van der Waals surface area contributed by atoms with Crippen molar-refractivity contribution in [2.24, 2.45) is 0 Å². The summed E-state index contributed by atoms with van der Waals surface area (Å²) in [5.41, 5.74) is 2.70. The highest BCUT2D eigenvalue weighted by Gasteiger charge is 2.06. The van der Waals surface area contributed by atoms with Crippen LogP contribution in [0.4, 0.5) is 0 Å². The van der Waals surface area contributed by atoms with Crippen molar-refractivity contribution in [3.63, 3.8) is 0 Å². The van der Waals surface area contributed by atoms with Crippen molar-refractivity contribution in [1.29, 1.82) is 0 Å². The Labute approximate surface area is 95.5 Å². The molecule has 0 bridgehead atoms. The lowest BCUT2D eigenvalue weighted by Crippen LogP contribution is -1.76. The normalized spacial score (nSPS) is 10.2. The van der Waals surface area contributed by atoms with E-state index in [1.165, 1.54) is 21.9 Å². The summed E-state index contributed by atoms with van der Waals surface area (Å²) in [4.78, 5) is 0. The van der Waals surface area contributed by atoms with E-state index in [2.05, 4.69) is 48.6 Å². The largest absolute Gasteiger partial charge is 0.400 e. The highest BCUT2D eigenvalue weighted by molar-refractivity contribution is 6.04. The first-order valence-electron chi connectivity index (χ1n) is 5.04. The second kappa shape index (κ2) is 6.05. The summed E-state index contributed by atoms with van der Waals surface area (Å²) in [5.74, 6) is 0. The van der Waals surface area contributed by atoms with Crippen LogP contribution in [0.1, 0.15) is 11.1 Å². The number of benzene rings is 2. The molecule has 1 aliphatic carbocycles. The van der Waals surface area contributed by atoms with Gasteiger partial charge in [-0.3, -0.25) is 0 Å². The lowest BCUT2D eigenvalue weighted by atomic mass is 10.0. The summed E-state index contributed by atoms with van der Waals surface area (Å²) in [6, 6.07) is 12.9. The Morgan fingerprint density at radius 1 is 0.688 bits per heavy atom. The molecule has 16 heavy (non-hydrogen) atoms. The molecule has 2 aromatic carbocycles. The maximum absolute atomic E-state index is 7.00. The summed E-state index contributed by atoms with van der Waals surface area (Å²) in [6.45, 7) is 0. The lowest BCUT2D eigenvalue weighted by Gasteiger charge is -1.99. The van der Waals surface area contributed by atoms with E-state index in [0.717, 1.165) is 14.2 Å². The van der Waals surface area contributed by atoms with Crippen LogP contribution < -0.4 is 0 Å². The number of hydrogen-bond donors (Lipinski definition) is 2.